The number of hydrogen-bond acceptors (Lipinski definition) is 4. The maximum absolute atomic E-state index is 5.15. The van der Waals surface area contributed by atoms with Crippen LogP contribution in [-0.2, 0) is 0 Å². The number of nitrogens with zero attached hydrogens (tertiary/aromatic N) is 4. The quantitative estimate of drug-likeness (QED) is 0.218. The van der Waals surface area contributed by atoms with Gasteiger partial charge in [0.1, 0.15) is 0 Å². The third kappa shape index (κ3) is 3.38. The Bertz CT molecular complexity index is 2400. The molecular formula is C37H22N4S. The highest BCUT2D eigenvalue weighted by molar-refractivity contribution is 7.27. The number of fused-ring (bicyclic) bond motifs is 10. The molecule has 9 rings (SSSR count). The molecule has 0 bridgehead atoms. The fourth-order valence-electron chi connectivity index (χ4n) is 6.22. The van der Waals surface area contributed by atoms with Crippen molar-refractivity contribution in [3.8, 4) is 28.7 Å². The van der Waals surface area contributed by atoms with E-state index in [0.29, 0.717) is 17.6 Å². The first kappa shape index (κ1) is 23.3. The molecule has 0 atom stereocenters. The van der Waals surface area contributed by atoms with E-state index < -0.39 is 0 Å². The van der Waals surface area contributed by atoms with E-state index in [4.69, 9.17) is 15.0 Å². The van der Waals surface area contributed by atoms with E-state index in [1.807, 2.05) is 47.7 Å². The van der Waals surface area contributed by atoms with Gasteiger partial charge in [0.25, 0.3) is 0 Å². The van der Waals surface area contributed by atoms with E-state index in [1.54, 1.807) is 0 Å². The summed E-state index contributed by atoms with van der Waals surface area (Å²) in [6.45, 7) is 0. The van der Waals surface area contributed by atoms with Crippen molar-refractivity contribution >= 4 is 64.1 Å². The van der Waals surface area contributed by atoms with Gasteiger partial charge in [0.2, 0.25) is 5.95 Å². The van der Waals surface area contributed by atoms with Crippen molar-refractivity contribution in [3.05, 3.63) is 133 Å². The highest BCUT2D eigenvalue weighted by Gasteiger charge is 2.23. The SMILES string of the molecule is c1ccc(-c2nc(-c3ccccc3)nc(-n3c4ccccc4c4c5c6ccccc6sc5c5ccccc5c43)n2)cc1. The van der Waals surface area contributed by atoms with E-state index in [1.165, 1.54) is 41.7 Å². The third-order valence-corrected chi connectivity index (χ3v) is 9.24. The van der Waals surface area contributed by atoms with Gasteiger partial charge in [-0.15, -0.1) is 11.3 Å². The van der Waals surface area contributed by atoms with E-state index in [9.17, 15) is 0 Å². The lowest BCUT2D eigenvalue weighted by Gasteiger charge is -2.12. The highest BCUT2D eigenvalue weighted by Crippen LogP contribution is 2.47. The number of hydrogen-bond donors (Lipinski definition) is 0. The third-order valence-electron chi connectivity index (χ3n) is 8.03. The summed E-state index contributed by atoms with van der Waals surface area (Å²) >= 11 is 1.87. The van der Waals surface area contributed by atoms with Gasteiger partial charge in [0.05, 0.1) is 11.0 Å². The summed E-state index contributed by atoms with van der Waals surface area (Å²) in [5.41, 5.74) is 4.10. The summed E-state index contributed by atoms with van der Waals surface area (Å²) in [5.74, 6) is 1.91. The minimum atomic E-state index is 0.609. The number of aromatic nitrogens is 4. The van der Waals surface area contributed by atoms with Crippen molar-refractivity contribution in [3.63, 3.8) is 0 Å². The summed E-state index contributed by atoms with van der Waals surface area (Å²) in [6.07, 6.45) is 0. The van der Waals surface area contributed by atoms with Crippen molar-refractivity contribution < 1.29 is 0 Å². The summed E-state index contributed by atoms with van der Waals surface area (Å²) < 4.78 is 4.85. The number of rotatable bonds is 3. The molecule has 4 nitrogen and oxygen atoms in total. The highest BCUT2D eigenvalue weighted by atomic mass is 32.1. The van der Waals surface area contributed by atoms with Crippen LogP contribution < -0.4 is 0 Å². The minimum Gasteiger partial charge on any atom is -0.277 e. The van der Waals surface area contributed by atoms with Crippen LogP contribution in [0.15, 0.2) is 133 Å². The average molecular weight is 555 g/mol. The molecule has 3 aromatic heterocycles. The van der Waals surface area contributed by atoms with Crippen molar-refractivity contribution in [2.75, 3.05) is 0 Å². The van der Waals surface area contributed by atoms with Gasteiger partial charge in [-0.25, -0.2) is 4.98 Å². The molecule has 0 amide bonds. The van der Waals surface area contributed by atoms with E-state index in [0.717, 1.165) is 22.2 Å². The van der Waals surface area contributed by atoms with Crippen LogP contribution >= 0.6 is 11.3 Å². The Morgan fingerprint density at radius 2 is 1.00 bits per heavy atom. The van der Waals surface area contributed by atoms with Gasteiger partial charge in [-0.05, 0) is 12.1 Å². The monoisotopic (exact) mass is 554 g/mol. The van der Waals surface area contributed by atoms with E-state index in [2.05, 4.69) is 102 Å². The summed E-state index contributed by atoms with van der Waals surface area (Å²) in [4.78, 5) is 15.3. The van der Waals surface area contributed by atoms with Gasteiger partial charge < -0.3 is 0 Å². The standard InChI is InChI=1S/C37H22N4S/c1-3-13-23(14-4-1)35-38-36(24-15-5-2-6-16-24)40-37(39-35)41-29-21-11-9-19-27(29)31-32-28-20-10-12-22-30(28)42-34(32)26-18-8-7-17-25(26)33(31)41/h1-22H. The normalized spacial score (nSPS) is 11.8. The molecule has 0 aliphatic rings. The topological polar surface area (TPSA) is 43.6 Å². The van der Waals surface area contributed by atoms with Crippen LogP contribution in [-0.4, -0.2) is 19.5 Å². The van der Waals surface area contributed by atoms with Crippen LogP contribution in [0.2, 0.25) is 0 Å². The summed E-state index contributed by atoms with van der Waals surface area (Å²) in [6, 6.07) is 46.4. The second kappa shape index (κ2) is 9.06. The van der Waals surface area contributed by atoms with Gasteiger partial charge >= 0.3 is 0 Å². The van der Waals surface area contributed by atoms with Gasteiger partial charge in [-0.3, -0.25) is 4.57 Å². The molecule has 0 saturated heterocycles. The number of benzene rings is 6. The lowest BCUT2D eigenvalue weighted by atomic mass is 10.00. The molecule has 0 spiro atoms. The maximum Gasteiger partial charge on any atom is 0.238 e. The van der Waals surface area contributed by atoms with Crippen LogP contribution in [0.3, 0.4) is 0 Å². The van der Waals surface area contributed by atoms with Crippen molar-refractivity contribution in [1.29, 1.82) is 0 Å². The lowest BCUT2D eigenvalue weighted by molar-refractivity contribution is 0.955. The van der Waals surface area contributed by atoms with Crippen LogP contribution in [0.1, 0.15) is 0 Å². The summed E-state index contributed by atoms with van der Waals surface area (Å²) in [7, 11) is 0. The Balaban J connectivity index is 1.50. The Morgan fingerprint density at radius 1 is 0.452 bits per heavy atom. The first-order chi connectivity index (χ1) is 20.8. The zero-order chi connectivity index (χ0) is 27.6. The second-order valence-corrected chi connectivity index (χ2v) is 11.5. The number of thiophene rings is 1. The molecule has 0 saturated carbocycles. The van der Waals surface area contributed by atoms with E-state index in [-0.39, 0.29) is 0 Å². The van der Waals surface area contributed by atoms with E-state index >= 15 is 0 Å². The fourth-order valence-corrected chi connectivity index (χ4v) is 7.47. The molecule has 0 unspecified atom stereocenters. The molecule has 42 heavy (non-hydrogen) atoms. The fraction of sp³-hybridized carbons (Fsp3) is 0. The molecule has 0 aliphatic carbocycles. The maximum atomic E-state index is 5.15. The minimum absolute atomic E-state index is 0.609. The predicted molar refractivity (Wildman–Crippen MR) is 175 cm³/mol. The average Bonchev–Trinajstić information content (AvgIpc) is 3.62. The molecule has 196 valence electrons. The van der Waals surface area contributed by atoms with Crippen molar-refractivity contribution in [2.45, 2.75) is 0 Å². The Kier molecular flexibility index (Phi) is 5.03. The molecule has 0 N–H and O–H groups in total. The van der Waals surface area contributed by atoms with Crippen LogP contribution in [0, 0.1) is 0 Å². The Labute approximate surface area is 245 Å². The van der Waals surface area contributed by atoms with Crippen LogP contribution in [0.4, 0.5) is 0 Å². The lowest BCUT2D eigenvalue weighted by Crippen LogP contribution is -2.06. The molecule has 9 aromatic rings. The first-order valence-electron chi connectivity index (χ1n) is 14.0. The molecule has 0 radical (unpaired) electrons. The van der Waals surface area contributed by atoms with Crippen LogP contribution in [0.5, 0.6) is 0 Å². The van der Waals surface area contributed by atoms with Gasteiger partial charge in [-0.2, -0.15) is 9.97 Å². The van der Waals surface area contributed by atoms with Crippen LogP contribution in [0.25, 0.3) is 81.5 Å². The molecule has 0 aliphatic heterocycles. The molecule has 0 fully saturated rings. The first-order valence-corrected chi connectivity index (χ1v) is 14.8. The van der Waals surface area contributed by atoms with Crippen molar-refractivity contribution in [1.82, 2.24) is 19.5 Å². The molecule has 6 aromatic carbocycles. The Hall–Kier alpha value is -5.39. The molecule has 5 heteroatoms. The number of para-hydroxylation sites is 1. The zero-order valence-electron chi connectivity index (χ0n) is 22.4. The smallest absolute Gasteiger partial charge is 0.238 e. The van der Waals surface area contributed by atoms with Gasteiger partial charge in [0.15, 0.2) is 11.6 Å². The second-order valence-electron chi connectivity index (χ2n) is 10.4. The molecular weight excluding hydrogens is 533 g/mol. The van der Waals surface area contributed by atoms with Gasteiger partial charge in [0, 0.05) is 52.8 Å². The van der Waals surface area contributed by atoms with Gasteiger partial charge in [-0.1, -0.05) is 121 Å². The summed E-state index contributed by atoms with van der Waals surface area (Å²) in [5, 5.41) is 7.42. The Morgan fingerprint density at radius 3 is 1.69 bits per heavy atom. The zero-order valence-corrected chi connectivity index (χ0v) is 23.2. The van der Waals surface area contributed by atoms with Crippen molar-refractivity contribution in [2.24, 2.45) is 0 Å². The molecule has 3 heterocycles. The predicted octanol–water partition coefficient (Wildman–Crippen LogP) is 9.82. The largest absolute Gasteiger partial charge is 0.277 e.